The Balaban J connectivity index is 1.93. The Morgan fingerprint density at radius 3 is 2.53 bits per heavy atom. The molecule has 0 unspecified atom stereocenters. The van der Waals surface area contributed by atoms with Crippen molar-refractivity contribution in [3.63, 3.8) is 0 Å². The molecule has 3 rings (SSSR count). The van der Waals surface area contributed by atoms with Crippen molar-refractivity contribution >= 4 is 28.1 Å². The smallest absolute Gasteiger partial charge is 0.131 e. The van der Waals surface area contributed by atoms with Gasteiger partial charge in [-0.2, -0.15) is 0 Å². The van der Waals surface area contributed by atoms with Gasteiger partial charge in [-0.15, -0.1) is 0 Å². The van der Waals surface area contributed by atoms with Gasteiger partial charge in [-0.1, -0.05) is 0 Å². The highest BCUT2D eigenvalue weighted by Gasteiger charge is 2.00. The Morgan fingerprint density at radius 1 is 0.947 bits per heavy atom. The van der Waals surface area contributed by atoms with E-state index in [2.05, 4.69) is 10.3 Å². The number of aromatic nitrogens is 1. The monoisotopic (exact) mass is 253 g/mol. The van der Waals surface area contributed by atoms with E-state index in [0.717, 1.165) is 16.6 Å². The molecular formula is C15H12FN3. The number of nitrogens with one attached hydrogen (secondary N) is 1. The minimum Gasteiger partial charge on any atom is -0.399 e. The number of hydrogen-bond donors (Lipinski definition) is 2. The Bertz CT molecular complexity index is 723. The molecule has 1 heterocycles. The molecule has 94 valence electrons. The number of benzene rings is 2. The van der Waals surface area contributed by atoms with E-state index in [9.17, 15) is 4.39 Å². The number of nitrogens with two attached hydrogens (primary N) is 1. The molecule has 0 atom stereocenters. The molecule has 0 aliphatic carbocycles. The molecule has 0 aliphatic rings. The number of pyridine rings is 1. The zero-order valence-electron chi connectivity index (χ0n) is 10.1. The van der Waals surface area contributed by atoms with Gasteiger partial charge >= 0.3 is 0 Å². The standard InChI is InChI=1S/C15H12FN3/c16-11-2-5-13(6-3-11)18-15-8-1-10-9-12(17)4-7-14(10)19-15/h1-9H,17H2,(H,18,19). The summed E-state index contributed by atoms with van der Waals surface area (Å²) in [7, 11) is 0. The van der Waals surface area contributed by atoms with E-state index in [-0.39, 0.29) is 5.82 Å². The van der Waals surface area contributed by atoms with Crippen LogP contribution in [0, 0.1) is 5.82 Å². The minimum atomic E-state index is -0.257. The van der Waals surface area contributed by atoms with E-state index < -0.39 is 0 Å². The van der Waals surface area contributed by atoms with Crippen LogP contribution in [-0.2, 0) is 0 Å². The second-order valence-electron chi connectivity index (χ2n) is 4.28. The minimum absolute atomic E-state index is 0.257. The van der Waals surface area contributed by atoms with Crippen molar-refractivity contribution < 1.29 is 4.39 Å². The summed E-state index contributed by atoms with van der Waals surface area (Å²) >= 11 is 0. The highest BCUT2D eigenvalue weighted by molar-refractivity contribution is 5.83. The molecule has 3 aromatic rings. The molecule has 2 aromatic carbocycles. The first-order valence-electron chi connectivity index (χ1n) is 5.89. The molecule has 0 spiro atoms. The van der Waals surface area contributed by atoms with E-state index in [1.165, 1.54) is 12.1 Å². The third-order valence-electron chi connectivity index (χ3n) is 2.83. The van der Waals surface area contributed by atoms with Crippen molar-refractivity contribution in [2.75, 3.05) is 11.1 Å². The van der Waals surface area contributed by atoms with Gasteiger partial charge in [-0.05, 0) is 54.6 Å². The highest BCUT2D eigenvalue weighted by Crippen LogP contribution is 2.20. The quantitative estimate of drug-likeness (QED) is 0.685. The molecule has 1 aromatic heterocycles. The fourth-order valence-electron chi connectivity index (χ4n) is 1.89. The Kier molecular flexibility index (Phi) is 2.76. The first kappa shape index (κ1) is 11.5. The largest absolute Gasteiger partial charge is 0.399 e. The molecule has 0 bridgehead atoms. The van der Waals surface area contributed by atoms with Crippen LogP contribution >= 0.6 is 0 Å². The van der Waals surface area contributed by atoms with Crippen LogP contribution in [0.25, 0.3) is 10.9 Å². The lowest BCUT2D eigenvalue weighted by Gasteiger charge is -2.07. The summed E-state index contributed by atoms with van der Waals surface area (Å²) in [6, 6.07) is 15.5. The lowest BCUT2D eigenvalue weighted by atomic mass is 10.2. The fraction of sp³-hybridized carbons (Fsp3) is 0. The van der Waals surface area contributed by atoms with Crippen molar-refractivity contribution in [3.05, 3.63) is 60.4 Å². The van der Waals surface area contributed by atoms with E-state index >= 15 is 0 Å². The predicted molar refractivity (Wildman–Crippen MR) is 75.8 cm³/mol. The zero-order chi connectivity index (χ0) is 13.2. The zero-order valence-corrected chi connectivity index (χ0v) is 10.1. The topological polar surface area (TPSA) is 50.9 Å². The number of halogens is 1. The van der Waals surface area contributed by atoms with Crippen molar-refractivity contribution in [1.29, 1.82) is 0 Å². The third kappa shape index (κ3) is 2.47. The van der Waals surface area contributed by atoms with E-state index in [1.54, 1.807) is 12.1 Å². The summed E-state index contributed by atoms with van der Waals surface area (Å²) in [5.74, 6) is 0.455. The van der Waals surface area contributed by atoms with Crippen LogP contribution in [-0.4, -0.2) is 4.98 Å². The van der Waals surface area contributed by atoms with Crippen LogP contribution in [0.4, 0.5) is 21.6 Å². The molecule has 0 saturated heterocycles. The maximum absolute atomic E-state index is 12.8. The van der Waals surface area contributed by atoms with Crippen LogP contribution < -0.4 is 11.1 Å². The van der Waals surface area contributed by atoms with E-state index in [4.69, 9.17) is 5.73 Å². The van der Waals surface area contributed by atoms with Crippen LogP contribution in [0.15, 0.2) is 54.6 Å². The van der Waals surface area contributed by atoms with Crippen molar-refractivity contribution in [2.24, 2.45) is 0 Å². The van der Waals surface area contributed by atoms with Crippen molar-refractivity contribution in [2.45, 2.75) is 0 Å². The van der Waals surface area contributed by atoms with Crippen LogP contribution in [0.1, 0.15) is 0 Å². The first-order chi connectivity index (χ1) is 9.20. The molecule has 0 amide bonds. The maximum atomic E-state index is 12.8. The number of anilines is 3. The van der Waals surface area contributed by atoms with Gasteiger partial charge in [0, 0.05) is 16.8 Å². The van der Waals surface area contributed by atoms with Gasteiger partial charge in [0.1, 0.15) is 11.6 Å². The van der Waals surface area contributed by atoms with Crippen molar-refractivity contribution in [1.82, 2.24) is 4.98 Å². The molecule has 4 heteroatoms. The van der Waals surface area contributed by atoms with Crippen LogP contribution in [0.3, 0.4) is 0 Å². The fourth-order valence-corrected chi connectivity index (χ4v) is 1.89. The molecule has 0 saturated carbocycles. The molecule has 19 heavy (non-hydrogen) atoms. The summed E-state index contributed by atoms with van der Waals surface area (Å²) in [4.78, 5) is 4.47. The van der Waals surface area contributed by atoms with Crippen LogP contribution in [0.2, 0.25) is 0 Å². The summed E-state index contributed by atoms with van der Waals surface area (Å²) in [6.45, 7) is 0. The third-order valence-corrected chi connectivity index (χ3v) is 2.83. The van der Waals surface area contributed by atoms with Gasteiger partial charge in [0.15, 0.2) is 0 Å². The summed E-state index contributed by atoms with van der Waals surface area (Å²) in [6.07, 6.45) is 0. The van der Waals surface area contributed by atoms with Crippen LogP contribution in [0.5, 0.6) is 0 Å². The van der Waals surface area contributed by atoms with E-state index in [1.807, 2.05) is 30.3 Å². The number of rotatable bonds is 2. The molecular weight excluding hydrogens is 241 g/mol. The summed E-state index contributed by atoms with van der Waals surface area (Å²) in [5.41, 5.74) is 8.09. The number of nitrogens with zero attached hydrogens (tertiary/aromatic N) is 1. The van der Waals surface area contributed by atoms with Gasteiger partial charge in [0.25, 0.3) is 0 Å². The van der Waals surface area contributed by atoms with Crippen molar-refractivity contribution in [3.8, 4) is 0 Å². The second kappa shape index (κ2) is 4.57. The van der Waals surface area contributed by atoms with E-state index in [0.29, 0.717) is 11.5 Å². The number of fused-ring (bicyclic) bond motifs is 1. The average Bonchev–Trinajstić information content (AvgIpc) is 2.42. The lowest BCUT2D eigenvalue weighted by molar-refractivity contribution is 0.628. The van der Waals surface area contributed by atoms with Gasteiger partial charge < -0.3 is 11.1 Å². The van der Waals surface area contributed by atoms with Gasteiger partial charge in [0.05, 0.1) is 5.52 Å². The molecule has 0 aliphatic heterocycles. The Morgan fingerprint density at radius 2 is 1.74 bits per heavy atom. The lowest BCUT2D eigenvalue weighted by Crippen LogP contribution is -1.94. The normalized spacial score (nSPS) is 10.6. The summed E-state index contributed by atoms with van der Waals surface area (Å²) < 4.78 is 12.8. The summed E-state index contributed by atoms with van der Waals surface area (Å²) in [5, 5.41) is 4.12. The number of hydrogen-bond acceptors (Lipinski definition) is 3. The SMILES string of the molecule is Nc1ccc2nc(Nc3ccc(F)cc3)ccc2c1. The molecule has 0 radical (unpaired) electrons. The average molecular weight is 253 g/mol. The maximum Gasteiger partial charge on any atom is 0.131 e. The number of nitrogen functional groups attached to an aromatic ring is 1. The molecule has 3 nitrogen and oxygen atoms in total. The highest BCUT2D eigenvalue weighted by atomic mass is 19.1. The van der Waals surface area contributed by atoms with Gasteiger partial charge in [0.2, 0.25) is 0 Å². The van der Waals surface area contributed by atoms with Gasteiger partial charge in [-0.3, -0.25) is 0 Å². The Hall–Kier alpha value is -2.62. The molecule has 3 N–H and O–H groups in total. The predicted octanol–water partition coefficient (Wildman–Crippen LogP) is 3.70. The second-order valence-corrected chi connectivity index (χ2v) is 4.28. The molecule has 0 fully saturated rings. The first-order valence-corrected chi connectivity index (χ1v) is 5.89. The Labute approximate surface area is 109 Å². The van der Waals surface area contributed by atoms with Gasteiger partial charge in [-0.25, -0.2) is 9.37 Å².